The monoisotopic (exact) mass is 256 g/mol. The van der Waals surface area contributed by atoms with Crippen LogP contribution in [0.2, 0.25) is 0 Å². The summed E-state index contributed by atoms with van der Waals surface area (Å²) in [7, 11) is 2.25. The van der Waals surface area contributed by atoms with Crippen LogP contribution in [-0.4, -0.2) is 48.8 Å². The molecule has 0 saturated heterocycles. The first-order valence-corrected chi connectivity index (χ1v) is 7.75. The Labute approximate surface area is 113 Å². The second kappa shape index (κ2) is 8.89. The minimum Gasteiger partial charge on any atom is -0.395 e. The Morgan fingerprint density at radius 1 is 1.22 bits per heavy atom. The Hall–Kier alpha value is -0.120. The molecule has 18 heavy (non-hydrogen) atoms. The molecule has 0 aromatic heterocycles. The fourth-order valence-corrected chi connectivity index (χ4v) is 3.08. The van der Waals surface area contributed by atoms with Crippen LogP contribution >= 0.6 is 0 Å². The second-order valence-corrected chi connectivity index (χ2v) is 5.79. The first kappa shape index (κ1) is 15.9. The van der Waals surface area contributed by atoms with E-state index in [-0.39, 0.29) is 12.6 Å². The summed E-state index contributed by atoms with van der Waals surface area (Å²) in [6.07, 6.45) is 7.93. The van der Waals surface area contributed by atoms with Crippen LogP contribution in [0.3, 0.4) is 0 Å². The second-order valence-electron chi connectivity index (χ2n) is 5.79. The number of nitrogens with one attached hydrogen (secondary N) is 1. The van der Waals surface area contributed by atoms with Gasteiger partial charge in [0.1, 0.15) is 0 Å². The Morgan fingerprint density at radius 3 is 2.39 bits per heavy atom. The van der Waals surface area contributed by atoms with Gasteiger partial charge in [0.2, 0.25) is 0 Å². The topological polar surface area (TPSA) is 35.5 Å². The first-order chi connectivity index (χ1) is 8.71. The molecule has 1 unspecified atom stereocenters. The van der Waals surface area contributed by atoms with Gasteiger partial charge in [-0.15, -0.1) is 0 Å². The molecule has 3 nitrogen and oxygen atoms in total. The lowest BCUT2D eigenvalue weighted by molar-refractivity contribution is 0.149. The van der Waals surface area contributed by atoms with Gasteiger partial charge in [-0.3, -0.25) is 0 Å². The molecule has 2 N–H and O–H groups in total. The van der Waals surface area contributed by atoms with Crippen molar-refractivity contribution in [2.75, 3.05) is 26.7 Å². The molecule has 1 aliphatic carbocycles. The highest BCUT2D eigenvalue weighted by Gasteiger charge is 2.23. The van der Waals surface area contributed by atoms with Gasteiger partial charge in [-0.05, 0) is 58.2 Å². The lowest BCUT2D eigenvalue weighted by atomic mass is 9.84. The van der Waals surface area contributed by atoms with Crippen molar-refractivity contribution in [2.45, 2.75) is 64.5 Å². The van der Waals surface area contributed by atoms with Gasteiger partial charge < -0.3 is 15.3 Å². The fourth-order valence-electron chi connectivity index (χ4n) is 3.08. The summed E-state index contributed by atoms with van der Waals surface area (Å²) in [6.45, 7) is 6.70. The quantitative estimate of drug-likeness (QED) is 0.699. The van der Waals surface area contributed by atoms with Gasteiger partial charge in [0, 0.05) is 12.1 Å². The average Bonchev–Trinajstić information content (AvgIpc) is 2.43. The minimum atomic E-state index is 0.254. The zero-order valence-corrected chi connectivity index (χ0v) is 12.5. The number of rotatable bonds is 8. The SMILES string of the molecule is CCNC(CO)CCN(C)C1CCC(CC)CC1. The third kappa shape index (κ3) is 5.25. The Bertz CT molecular complexity index is 203. The van der Waals surface area contributed by atoms with E-state index in [1.807, 2.05) is 0 Å². The fraction of sp³-hybridized carbons (Fsp3) is 1.00. The van der Waals surface area contributed by atoms with E-state index in [4.69, 9.17) is 0 Å². The van der Waals surface area contributed by atoms with Crippen LogP contribution in [-0.2, 0) is 0 Å². The van der Waals surface area contributed by atoms with Crippen LogP contribution in [0.15, 0.2) is 0 Å². The van der Waals surface area contributed by atoms with E-state index in [0.29, 0.717) is 0 Å². The molecule has 0 aromatic carbocycles. The molecule has 108 valence electrons. The maximum atomic E-state index is 9.27. The molecule has 1 rings (SSSR count). The van der Waals surface area contributed by atoms with Crippen LogP contribution in [0.4, 0.5) is 0 Å². The summed E-state index contributed by atoms with van der Waals surface area (Å²) >= 11 is 0. The third-order valence-electron chi connectivity index (χ3n) is 4.56. The van der Waals surface area contributed by atoms with Crippen LogP contribution in [0.1, 0.15) is 52.4 Å². The van der Waals surface area contributed by atoms with Crippen molar-refractivity contribution in [1.29, 1.82) is 0 Å². The van der Waals surface area contributed by atoms with Crippen molar-refractivity contribution in [3.05, 3.63) is 0 Å². The van der Waals surface area contributed by atoms with Crippen molar-refractivity contribution >= 4 is 0 Å². The molecule has 3 heteroatoms. The molecule has 0 spiro atoms. The lowest BCUT2D eigenvalue weighted by Crippen LogP contribution is -2.40. The van der Waals surface area contributed by atoms with Crippen LogP contribution in [0.5, 0.6) is 0 Å². The molecule has 1 fully saturated rings. The molecule has 0 aliphatic heterocycles. The minimum absolute atomic E-state index is 0.254. The van der Waals surface area contributed by atoms with Crippen molar-refractivity contribution in [3.8, 4) is 0 Å². The third-order valence-corrected chi connectivity index (χ3v) is 4.56. The highest BCUT2D eigenvalue weighted by atomic mass is 16.3. The normalized spacial score (nSPS) is 26.5. The van der Waals surface area contributed by atoms with E-state index in [9.17, 15) is 5.11 Å². The van der Waals surface area contributed by atoms with Crippen molar-refractivity contribution in [1.82, 2.24) is 10.2 Å². The highest BCUT2D eigenvalue weighted by Crippen LogP contribution is 2.28. The molecule has 1 atom stereocenters. The summed E-state index contributed by atoms with van der Waals surface area (Å²) in [5, 5.41) is 12.6. The van der Waals surface area contributed by atoms with Gasteiger partial charge in [-0.1, -0.05) is 20.3 Å². The van der Waals surface area contributed by atoms with Gasteiger partial charge >= 0.3 is 0 Å². The number of aliphatic hydroxyl groups excluding tert-OH is 1. The van der Waals surface area contributed by atoms with Gasteiger partial charge in [-0.25, -0.2) is 0 Å². The van der Waals surface area contributed by atoms with E-state index in [0.717, 1.165) is 31.5 Å². The van der Waals surface area contributed by atoms with Crippen molar-refractivity contribution < 1.29 is 5.11 Å². The van der Waals surface area contributed by atoms with Crippen LogP contribution in [0, 0.1) is 5.92 Å². The van der Waals surface area contributed by atoms with E-state index in [2.05, 4.69) is 31.1 Å². The highest BCUT2D eigenvalue weighted by molar-refractivity contribution is 4.78. The van der Waals surface area contributed by atoms with Gasteiger partial charge in [-0.2, -0.15) is 0 Å². The number of nitrogens with zero attached hydrogens (tertiary/aromatic N) is 1. The summed E-state index contributed by atoms with van der Waals surface area (Å²) in [6, 6.07) is 1.04. The van der Waals surface area contributed by atoms with Crippen LogP contribution < -0.4 is 5.32 Å². The zero-order chi connectivity index (χ0) is 13.4. The molecule has 1 saturated carbocycles. The summed E-state index contributed by atoms with van der Waals surface area (Å²) in [4.78, 5) is 2.51. The summed E-state index contributed by atoms with van der Waals surface area (Å²) in [5.41, 5.74) is 0. The maximum Gasteiger partial charge on any atom is 0.0585 e. The maximum absolute atomic E-state index is 9.27. The lowest BCUT2D eigenvalue weighted by Gasteiger charge is -2.35. The molecule has 0 bridgehead atoms. The van der Waals surface area contributed by atoms with E-state index in [1.54, 1.807) is 0 Å². The molecule has 0 aromatic rings. The summed E-state index contributed by atoms with van der Waals surface area (Å²) < 4.78 is 0. The van der Waals surface area contributed by atoms with E-state index < -0.39 is 0 Å². The van der Waals surface area contributed by atoms with Crippen molar-refractivity contribution in [2.24, 2.45) is 5.92 Å². The molecule has 0 heterocycles. The zero-order valence-electron chi connectivity index (χ0n) is 12.5. The number of aliphatic hydroxyl groups is 1. The first-order valence-electron chi connectivity index (χ1n) is 7.75. The van der Waals surface area contributed by atoms with Crippen molar-refractivity contribution in [3.63, 3.8) is 0 Å². The predicted molar refractivity (Wildman–Crippen MR) is 77.8 cm³/mol. The van der Waals surface area contributed by atoms with Gasteiger partial charge in [0.25, 0.3) is 0 Å². The standard InChI is InChI=1S/C15H32N2O/c1-4-13-6-8-15(9-7-13)17(3)11-10-14(12-18)16-5-2/h13-16,18H,4-12H2,1-3H3. The van der Waals surface area contributed by atoms with E-state index >= 15 is 0 Å². The number of hydrogen-bond donors (Lipinski definition) is 2. The average molecular weight is 256 g/mol. The van der Waals surface area contributed by atoms with Gasteiger partial charge in [0.05, 0.1) is 6.61 Å². The Balaban J connectivity index is 2.22. The Morgan fingerprint density at radius 2 is 1.89 bits per heavy atom. The molecule has 0 radical (unpaired) electrons. The van der Waals surface area contributed by atoms with Crippen LogP contribution in [0.25, 0.3) is 0 Å². The van der Waals surface area contributed by atoms with E-state index in [1.165, 1.54) is 32.1 Å². The molecule has 0 amide bonds. The smallest absolute Gasteiger partial charge is 0.0585 e. The number of likely N-dealkylation sites (N-methyl/N-ethyl adjacent to an activating group) is 1. The predicted octanol–water partition coefficient (Wildman–Crippen LogP) is 2.25. The molecular weight excluding hydrogens is 224 g/mol. The molecule has 1 aliphatic rings. The molecular formula is C15H32N2O. The number of hydrogen-bond acceptors (Lipinski definition) is 3. The largest absolute Gasteiger partial charge is 0.395 e. The summed E-state index contributed by atoms with van der Waals surface area (Å²) in [5.74, 6) is 0.974. The Kier molecular flexibility index (Phi) is 7.87. The van der Waals surface area contributed by atoms with Gasteiger partial charge in [0.15, 0.2) is 0 Å².